The third kappa shape index (κ3) is 5.18. The Morgan fingerprint density at radius 3 is 1.80 bits per heavy atom. The average molecular weight is 725 g/mol. The third-order valence-corrected chi connectivity index (χ3v) is 12.3. The number of hydrogen-bond acceptors (Lipinski definition) is 6. The van der Waals surface area contributed by atoms with Gasteiger partial charge in [-0.15, -0.1) is 22.7 Å². The van der Waals surface area contributed by atoms with Crippen LogP contribution in [0.1, 0.15) is 0 Å². The zero-order chi connectivity index (χ0) is 35.6. The normalized spacial score (nSPS) is 11.7. The van der Waals surface area contributed by atoms with Crippen molar-refractivity contribution < 1.29 is 0 Å². The summed E-state index contributed by atoms with van der Waals surface area (Å²) in [7, 11) is 0. The topological polar surface area (TPSA) is 51.6 Å². The molecule has 0 saturated heterocycles. The Morgan fingerprint density at radius 1 is 0.352 bits per heavy atom. The minimum absolute atomic E-state index is 0.613. The molecule has 252 valence electrons. The predicted molar refractivity (Wildman–Crippen MR) is 228 cm³/mol. The van der Waals surface area contributed by atoms with Crippen LogP contribution >= 0.6 is 22.7 Å². The minimum atomic E-state index is 0.613. The highest BCUT2D eigenvalue weighted by molar-refractivity contribution is 7.27. The van der Waals surface area contributed by atoms with Gasteiger partial charge in [0.2, 0.25) is 0 Å². The molecular formula is C48H28N4S2. The van der Waals surface area contributed by atoms with Gasteiger partial charge in [-0.1, -0.05) is 140 Å². The molecule has 54 heavy (non-hydrogen) atoms. The second-order valence-electron chi connectivity index (χ2n) is 13.4. The summed E-state index contributed by atoms with van der Waals surface area (Å²) in [4.78, 5) is 21.4. The molecule has 0 amide bonds. The number of thiazole rings is 1. The molecule has 11 rings (SSSR count). The molecule has 0 bridgehead atoms. The van der Waals surface area contributed by atoms with Crippen molar-refractivity contribution in [1.29, 1.82) is 0 Å². The van der Waals surface area contributed by atoms with Crippen LogP contribution in [0.25, 0.3) is 108 Å². The summed E-state index contributed by atoms with van der Waals surface area (Å²) in [6.07, 6.45) is 0. The van der Waals surface area contributed by atoms with Crippen molar-refractivity contribution in [1.82, 2.24) is 19.9 Å². The van der Waals surface area contributed by atoms with Crippen molar-refractivity contribution in [2.45, 2.75) is 0 Å². The van der Waals surface area contributed by atoms with Gasteiger partial charge in [0.15, 0.2) is 17.5 Å². The van der Waals surface area contributed by atoms with Crippen molar-refractivity contribution in [3.63, 3.8) is 0 Å². The van der Waals surface area contributed by atoms with Crippen LogP contribution in [-0.2, 0) is 0 Å². The lowest BCUT2D eigenvalue weighted by molar-refractivity contribution is 1.08. The fourth-order valence-corrected chi connectivity index (χ4v) is 9.81. The zero-order valence-corrected chi connectivity index (χ0v) is 30.4. The average Bonchev–Trinajstić information content (AvgIpc) is 3.84. The quantitative estimate of drug-likeness (QED) is 0.177. The lowest BCUT2D eigenvalue weighted by atomic mass is 9.95. The van der Waals surface area contributed by atoms with Gasteiger partial charge in [-0.2, -0.15) is 0 Å². The molecular weight excluding hydrogens is 697 g/mol. The summed E-state index contributed by atoms with van der Waals surface area (Å²) < 4.78 is 3.52. The molecule has 3 aromatic heterocycles. The van der Waals surface area contributed by atoms with Crippen LogP contribution in [0.2, 0.25) is 0 Å². The van der Waals surface area contributed by atoms with E-state index in [1.165, 1.54) is 25.6 Å². The maximum absolute atomic E-state index is 5.42. The van der Waals surface area contributed by atoms with E-state index >= 15 is 0 Å². The van der Waals surface area contributed by atoms with E-state index in [4.69, 9.17) is 19.9 Å². The number of fused-ring (bicyclic) bond motifs is 6. The molecule has 0 atom stereocenters. The van der Waals surface area contributed by atoms with E-state index in [2.05, 4.69) is 164 Å². The maximum atomic E-state index is 5.42. The Morgan fingerprint density at radius 2 is 0.981 bits per heavy atom. The highest BCUT2D eigenvalue weighted by Gasteiger charge is 2.23. The second-order valence-corrected chi connectivity index (χ2v) is 15.5. The van der Waals surface area contributed by atoms with Gasteiger partial charge in [0.25, 0.3) is 0 Å². The fraction of sp³-hybridized carbons (Fsp3) is 0. The minimum Gasteiger partial charge on any atom is -0.235 e. The van der Waals surface area contributed by atoms with E-state index in [1.807, 2.05) is 6.07 Å². The summed E-state index contributed by atoms with van der Waals surface area (Å²) >= 11 is 3.51. The smallest absolute Gasteiger partial charge is 0.167 e. The number of hydrogen-bond donors (Lipinski definition) is 0. The molecule has 0 saturated carbocycles. The molecule has 0 N–H and O–H groups in total. The van der Waals surface area contributed by atoms with Crippen LogP contribution in [-0.4, -0.2) is 19.9 Å². The predicted octanol–water partition coefficient (Wildman–Crippen LogP) is 13.5. The molecule has 8 aromatic carbocycles. The molecule has 0 radical (unpaired) electrons. The molecule has 0 aliphatic carbocycles. The largest absolute Gasteiger partial charge is 0.235 e. The summed E-state index contributed by atoms with van der Waals surface area (Å²) in [6, 6.07) is 59.7. The van der Waals surface area contributed by atoms with Crippen LogP contribution in [0.15, 0.2) is 170 Å². The van der Waals surface area contributed by atoms with Crippen LogP contribution in [0, 0.1) is 0 Å². The monoisotopic (exact) mass is 724 g/mol. The standard InChI is InChI=1S/C48H28N4S2/c1-3-14-30(15-4-1)38-27-35(26-33-19-9-10-20-36(33)38)46-50-45(34-24-23-29-13-7-8-18-32(29)25-34)51-47(52-46)43-42-37-21-11-12-22-39(37)53-40(42)28-41-44(43)49-48(54-41)31-16-5-2-6-17-31/h1-28H. The molecule has 0 aliphatic rings. The summed E-state index contributed by atoms with van der Waals surface area (Å²) in [6.45, 7) is 0. The van der Waals surface area contributed by atoms with Gasteiger partial charge in [-0.05, 0) is 63.0 Å². The van der Waals surface area contributed by atoms with E-state index in [0.29, 0.717) is 17.5 Å². The number of benzene rings is 8. The van der Waals surface area contributed by atoms with E-state index in [-0.39, 0.29) is 0 Å². The zero-order valence-electron chi connectivity index (χ0n) is 28.8. The van der Waals surface area contributed by atoms with Gasteiger partial charge in [-0.25, -0.2) is 19.9 Å². The molecule has 11 aromatic rings. The van der Waals surface area contributed by atoms with Crippen molar-refractivity contribution in [3.8, 4) is 55.9 Å². The second kappa shape index (κ2) is 12.5. The first-order valence-electron chi connectivity index (χ1n) is 17.9. The Balaban J connectivity index is 1.24. The summed E-state index contributed by atoms with van der Waals surface area (Å²) in [5, 5.41) is 7.89. The van der Waals surface area contributed by atoms with Crippen molar-refractivity contribution in [2.75, 3.05) is 0 Å². The van der Waals surface area contributed by atoms with Crippen LogP contribution in [0.4, 0.5) is 0 Å². The van der Waals surface area contributed by atoms with E-state index in [9.17, 15) is 0 Å². The number of thiophene rings is 1. The fourth-order valence-electron chi connectivity index (χ4n) is 7.56. The van der Waals surface area contributed by atoms with E-state index in [1.54, 1.807) is 22.7 Å². The molecule has 4 nitrogen and oxygen atoms in total. The molecule has 3 heterocycles. The lowest BCUT2D eigenvalue weighted by Crippen LogP contribution is -2.01. The highest BCUT2D eigenvalue weighted by Crippen LogP contribution is 2.46. The van der Waals surface area contributed by atoms with Gasteiger partial charge >= 0.3 is 0 Å². The Hall–Kier alpha value is -6.60. The molecule has 0 unspecified atom stereocenters. The summed E-state index contributed by atoms with van der Waals surface area (Å²) in [5.74, 6) is 1.86. The van der Waals surface area contributed by atoms with Crippen molar-refractivity contribution >= 4 is 74.6 Å². The Labute approximate surface area is 318 Å². The van der Waals surface area contributed by atoms with Crippen LogP contribution < -0.4 is 0 Å². The molecule has 0 fully saturated rings. The van der Waals surface area contributed by atoms with E-state index in [0.717, 1.165) is 64.8 Å². The van der Waals surface area contributed by atoms with Gasteiger partial charge in [-0.3, -0.25) is 0 Å². The summed E-state index contributed by atoms with van der Waals surface area (Å²) in [5.41, 5.74) is 7.08. The Bertz CT molecular complexity index is 3220. The van der Waals surface area contributed by atoms with E-state index < -0.39 is 0 Å². The first-order chi connectivity index (χ1) is 26.7. The van der Waals surface area contributed by atoms with Gasteiger partial charge < -0.3 is 0 Å². The molecule has 6 heteroatoms. The molecule has 0 spiro atoms. The van der Waals surface area contributed by atoms with Gasteiger partial charge in [0.1, 0.15) is 5.01 Å². The lowest BCUT2D eigenvalue weighted by Gasteiger charge is -2.13. The van der Waals surface area contributed by atoms with Crippen molar-refractivity contribution in [2.24, 2.45) is 0 Å². The Kier molecular flexibility index (Phi) is 7.18. The third-order valence-electron chi connectivity index (χ3n) is 10.1. The number of rotatable bonds is 5. The SMILES string of the molecule is c1ccc(-c2nc3c(-c4nc(-c5ccc6ccccc6c5)nc(-c5cc(-c6ccccc6)c6ccccc6c5)n4)c4c(cc3s2)sc2ccccc24)cc1. The van der Waals surface area contributed by atoms with Crippen LogP contribution in [0.5, 0.6) is 0 Å². The first-order valence-corrected chi connectivity index (χ1v) is 19.5. The first kappa shape index (κ1) is 31.0. The number of aromatic nitrogens is 4. The van der Waals surface area contributed by atoms with Gasteiger partial charge in [0, 0.05) is 36.9 Å². The highest BCUT2D eigenvalue weighted by atomic mass is 32.1. The number of nitrogens with zero attached hydrogens (tertiary/aromatic N) is 4. The van der Waals surface area contributed by atoms with Crippen LogP contribution in [0.3, 0.4) is 0 Å². The van der Waals surface area contributed by atoms with Gasteiger partial charge in [0.05, 0.1) is 15.8 Å². The maximum Gasteiger partial charge on any atom is 0.167 e. The van der Waals surface area contributed by atoms with Crippen molar-refractivity contribution in [3.05, 3.63) is 170 Å². The molecule has 0 aliphatic heterocycles.